The molecule has 0 aromatic heterocycles. The van der Waals surface area contributed by atoms with Crippen LogP contribution in [0.1, 0.15) is 47.5 Å². The van der Waals surface area contributed by atoms with Gasteiger partial charge >= 0.3 is 0 Å². The van der Waals surface area contributed by atoms with Crippen LogP contribution in [0.5, 0.6) is 0 Å². The Balaban J connectivity index is 2.58. The maximum atomic E-state index is 3.56. The van der Waals surface area contributed by atoms with Gasteiger partial charge in [-0.15, -0.1) is 0 Å². The Morgan fingerprint density at radius 2 is 2.06 bits per heavy atom. The van der Waals surface area contributed by atoms with Crippen molar-refractivity contribution in [3.05, 3.63) is 0 Å². The van der Waals surface area contributed by atoms with Crippen molar-refractivity contribution in [1.82, 2.24) is 10.2 Å². The molecule has 1 heterocycles. The maximum absolute atomic E-state index is 3.56. The minimum atomic E-state index is 0.431. The van der Waals surface area contributed by atoms with Gasteiger partial charge in [-0.2, -0.15) is 11.8 Å². The molecular formula is C15H32N2S. The van der Waals surface area contributed by atoms with Crippen molar-refractivity contribution >= 4 is 11.8 Å². The molecule has 18 heavy (non-hydrogen) atoms. The SMILES string of the molecule is CCCC(C)(CNCC)CN1CCSC(C)C1C. The highest BCUT2D eigenvalue weighted by Gasteiger charge is 2.31. The minimum Gasteiger partial charge on any atom is -0.316 e. The molecule has 1 fully saturated rings. The first-order chi connectivity index (χ1) is 8.52. The Morgan fingerprint density at radius 1 is 1.33 bits per heavy atom. The molecular weight excluding hydrogens is 240 g/mol. The van der Waals surface area contributed by atoms with Gasteiger partial charge in [-0.25, -0.2) is 0 Å². The summed E-state index contributed by atoms with van der Waals surface area (Å²) in [7, 11) is 0. The van der Waals surface area contributed by atoms with Gasteiger partial charge < -0.3 is 5.32 Å². The summed E-state index contributed by atoms with van der Waals surface area (Å²) < 4.78 is 0. The zero-order chi connectivity index (χ0) is 13.6. The van der Waals surface area contributed by atoms with Crippen molar-refractivity contribution in [2.45, 2.75) is 58.8 Å². The van der Waals surface area contributed by atoms with E-state index < -0.39 is 0 Å². The van der Waals surface area contributed by atoms with Crippen molar-refractivity contribution in [1.29, 1.82) is 0 Å². The van der Waals surface area contributed by atoms with Gasteiger partial charge in [0.2, 0.25) is 0 Å². The molecule has 1 saturated heterocycles. The predicted molar refractivity (Wildman–Crippen MR) is 84.5 cm³/mol. The Kier molecular flexibility index (Phi) is 7.04. The second-order valence-electron chi connectivity index (χ2n) is 6.13. The minimum absolute atomic E-state index is 0.431. The van der Waals surface area contributed by atoms with Gasteiger partial charge in [-0.1, -0.05) is 34.1 Å². The van der Waals surface area contributed by atoms with E-state index in [0.29, 0.717) is 5.41 Å². The van der Waals surface area contributed by atoms with Gasteiger partial charge in [0.05, 0.1) is 0 Å². The smallest absolute Gasteiger partial charge is 0.0184 e. The molecule has 108 valence electrons. The second kappa shape index (κ2) is 7.76. The quantitative estimate of drug-likeness (QED) is 0.766. The van der Waals surface area contributed by atoms with Crippen molar-refractivity contribution in [2.24, 2.45) is 5.41 Å². The molecule has 0 amide bonds. The average Bonchev–Trinajstić information content (AvgIpc) is 2.33. The van der Waals surface area contributed by atoms with Crippen LogP contribution < -0.4 is 5.32 Å². The molecule has 3 unspecified atom stereocenters. The van der Waals surface area contributed by atoms with Crippen LogP contribution in [0.3, 0.4) is 0 Å². The molecule has 3 atom stereocenters. The molecule has 0 aromatic carbocycles. The molecule has 1 N–H and O–H groups in total. The van der Waals surface area contributed by atoms with Crippen LogP contribution in [0, 0.1) is 5.41 Å². The Morgan fingerprint density at radius 3 is 2.67 bits per heavy atom. The van der Waals surface area contributed by atoms with E-state index in [4.69, 9.17) is 0 Å². The summed E-state index contributed by atoms with van der Waals surface area (Å²) >= 11 is 2.13. The Labute approximate surface area is 118 Å². The number of nitrogens with zero attached hydrogens (tertiary/aromatic N) is 1. The normalized spacial score (nSPS) is 29.2. The number of hydrogen-bond acceptors (Lipinski definition) is 3. The topological polar surface area (TPSA) is 15.3 Å². The van der Waals surface area contributed by atoms with Crippen LogP contribution in [-0.2, 0) is 0 Å². The first kappa shape index (κ1) is 16.3. The van der Waals surface area contributed by atoms with Gasteiger partial charge in [0.25, 0.3) is 0 Å². The summed E-state index contributed by atoms with van der Waals surface area (Å²) in [4.78, 5) is 2.72. The predicted octanol–water partition coefficient (Wildman–Crippen LogP) is 3.23. The van der Waals surface area contributed by atoms with Crippen molar-refractivity contribution in [3.63, 3.8) is 0 Å². The molecule has 0 radical (unpaired) electrons. The Hall–Kier alpha value is 0.270. The number of nitrogens with one attached hydrogen (secondary N) is 1. The van der Waals surface area contributed by atoms with Gasteiger partial charge in [-0.3, -0.25) is 4.90 Å². The van der Waals surface area contributed by atoms with Gasteiger partial charge in [0.15, 0.2) is 0 Å². The van der Waals surface area contributed by atoms with E-state index in [2.05, 4.69) is 56.6 Å². The summed E-state index contributed by atoms with van der Waals surface area (Å²) in [6.45, 7) is 16.5. The molecule has 0 aromatic rings. The van der Waals surface area contributed by atoms with Crippen LogP contribution in [-0.4, -0.2) is 48.1 Å². The lowest BCUT2D eigenvalue weighted by Gasteiger charge is -2.43. The lowest BCUT2D eigenvalue weighted by atomic mass is 9.84. The molecule has 0 spiro atoms. The lowest BCUT2D eigenvalue weighted by Crippen LogP contribution is -2.51. The van der Waals surface area contributed by atoms with Gasteiger partial charge in [-0.05, 0) is 25.3 Å². The second-order valence-corrected chi connectivity index (χ2v) is 7.61. The van der Waals surface area contributed by atoms with Crippen molar-refractivity contribution in [3.8, 4) is 0 Å². The third-order valence-corrected chi connectivity index (χ3v) is 5.59. The molecule has 0 aliphatic carbocycles. The first-order valence-corrected chi connectivity index (χ1v) is 8.63. The highest BCUT2D eigenvalue weighted by atomic mass is 32.2. The fourth-order valence-corrected chi connectivity index (χ4v) is 4.13. The van der Waals surface area contributed by atoms with Crippen LogP contribution in [0.4, 0.5) is 0 Å². The summed E-state index contributed by atoms with van der Waals surface area (Å²) in [5.74, 6) is 1.30. The standard InChI is InChI=1S/C15H32N2S/c1-6-8-15(5,11-16-7-2)12-17-9-10-18-14(4)13(17)3/h13-14,16H,6-12H2,1-5H3. The molecule has 1 aliphatic heterocycles. The molecule has 1 aliphatic rings. The molecule has 0 bridgehead atoms. The fraction of sp³-hybridized carbons (Fsp3) is 1.00. The zero-order valence-electron chi connectivity index (χ0n) is 13.0. The highest BCUT2D eigenvalue weighted by molar-refractivity contribution is 8.00. The molecule has 2 nitrogen and oxygen atoms in total. The summed E-state index contributed by atoms with van der Waals surface area (Å²) in [6.07, 6.45) is 2.61. The van der Waals surface area contributed by atoms with E-state index >= 15 is 0 Å². The highest BCUT2D eigenvalue weighted by Crippen LogP contribution is 2.30. The maximum Gasteiger partial charge on any atom is 0.0184 e. The van der Waals surface area contributed by atoms with Crippen LogP contribution in [0.15, 0.2) is 0 Å². The van der Waals surface area contributed by atoms with Crippen LogP contribution >= 0.6 is 11.8 Å². The van der Waals surface area contributed by atoms with E-state index in [9.17, 15) is 0 Å². The zero-order valence-corrected chi connectivity index (χ0v) is 13.8. The largest absolute Gasteiger partial charge is 0.316 e. The third-order valence-electron chi connectivity index (χ3n) is 4.25. The molecule has 3 heteroatoms. The van der Waals surface area contributed by atoms with Crippen molar-refractivity contribution < 1.29 is 0 Å². The number of hydrogen-bond donors (Lipinski definition) is 1. The van der Waals surface area contributed by atoms with E-state index in [-0.39, 0.29) is 0 Å². The lowest BCUT2D eigenvalue weighted by molar-refractivity contribution is 0.119. The van der Waals surface area contributed by atoms with Crippen molar-refractivity contribution in [2.75, 3.05) is 31.9 Å². The Bertz CT molecular complexity index is 235. The molecule has 1 rings (SSSR count). The summed E-state index contributed by atoms with van der Waals surface area (Å²) in [6, 6.07) is 0.724. The summed E-state index contributed by atoms with van der Waals surface area (Å²) in [5, 5.41) is 4.34. The van der Waals surface area contributed by atoms with Gasteiger partial charge in [0.1, 0.15) is 0 Å². The first-order valence-electron chi connectivity index (χ1n) is 7.59. The summed E-state index contributed by atoms with van der Waals surface area (Å²) in [5.41, 5.74) is 0.431. The van der Waals surface area contributed by atoms with E-state index in [0.717, 1.165) is 24.4 Å². The fourth-order valence-electron chi connectivity index (χ4n) is 2.96. The van der Waals surface area contributed by atoms with Crippen LogP contribution in [0.25, 0.3) is 0 Å². The number of thioether (sulfide) groups is 1. The third kappa shape index (κ3) is 4.75. The van der Waals surface area contributed by atoms with E-state index in [1.54, 1.807) is 0 Å². The number of rotatable bonds is 7. The van der Waals surface area contributed by atoms with Crippen LogP contribution in [0.2, 0.25) is 0 Å². The van der Waals surface area contributed by atoms with E-state index in [1.165, 1.54) is 31.7 Å². The van der Waals surface area contributed by atoms with E-state index in [1.807, 2.05) is 0 Å². The van der Waals surface area contributed by atoms with Gasteiger partial charge in [0, 0.05) is 36.7 Å². The molecule has 0 saturated carbocycles. The monoisotopic (exact) mass is 272 g/mol. The average molecular weight is 273 g/mol.